The lowest BCUT2D eigenvalue weighted by atomic mass is 10.2. The topological polar surface area (TPSA) is 86.2 Å². The minimum absolute atomic E-state index is 0.179. The number of nitrogens with zero attached hydrogens (tertiary/aromatic N) is 2. The molecule has 1 heterocycles. The summed E-state index contributed by atoms with van der Waals surface area (Å²) in [6.45, 7) is 5.34. The fourth-order valence-corrected chi connectivity index (χ4v) is 1.60. The fourth-order valence-electron chi connectivity index (χ4n) is 1.60. The SMILES string of the molecule is CCOCC(C)Nc1ccc(N)c2nonc12. The van der Waals surface area contributed by atoms with Crippen molar-refractivity contribution in [1.82, 2.24) is 10.3 Å². The molecule has 0 bridgehead atoms. The summed E-state index contributed by atoms with van der Waals surface area (Å²) in [7, 11) is 0. The van der Waals surface area contributed by atoms with E-state index in [-0.39, 0.29) is 6.04 Å². The van der Waals surface area contributed by atoms with Crippen molar-refractivity contribution in [3.63, 3.8) is 0 Å². The second-order valence-electron chi connectivity index (χ2n) is 3.87. The van der Waals surface area contributed by atoms with Gasteiger partial charge < -0.3 is 15.8 Å². The number of ether oxygens (including phenoxy) is 1. The minimum atomic E-state index is 0.179. The second-order valence-corrected chi connectivity index (χ2v) is 3.87. The molecule has 0 spiro atoms. The van der Waals surface area contributed by atoms with Gasteiger partial charge in [-0.05, 0) is 36.3 Å². The summed E-state index contributed by atoms with van der Waals surface area (Å²) in [6, 6.07) is 3.82. The van der Waals surface area contributed by atoms with Gasteiger partial charge in [0.2, 0.25) is 0 Å². The highest BCUT2D eigenvalue weighted by molar-refractivity contribution is 5.94. The molecule has 1 aromatic carbocycles. The van der Waals surface area contributed by atoms with Crippen LogP contribution in [0.3, 0.4) is 0 Å². The standard InChI is InChI=1S/C11H16N4O2/c1-3-16-6-7(2)13-9-5-4-8(12)10-11(9)15-17-14-10/h4-5,7,13H,3,6,12H2,1-2H3. The maximum atomic E-state index is 5.77. The number of fused-ring (bicyclic) bond motifs is 1. The molecular weight excluding hydrogens is 220 g/mol. The van der Waals surface area contributed by atoms with Crippen molar-refractivity contribution < 1.29 is 9.37 Å². The Balaban J connectivity index is 2.18. The minimum Gasteiger partial charge on any atom is -0.397 e. The molecule has 3 N–H and O–H groups in total. The molecule has 0 aliphatic carbocycles. The molecule has 1 unspecified atom stereocenters. The first-order valence-electron chi connectivity index (χ1n) is 5.57. The third kappa shape index (κ3) is 2.47. The molecule has 2 rings (SSSR count). The van der Waals surface area contributed by atoms with Crippen LogP contribution in [-0.2, 0) is 4.74 Å². The van der Waals surface area contributed by atoms with Crippen LogP contribution in [-0.4, -0.2) is 29.6 Å². The number of nitrogens with one attached hydrogen (secondary N) is 1. The van der Waals surface area contributed by atoms with E-state index in [2.05, 4.69) is 15.6 Å². The first-order valence-corrected chi connectivity index (χ1v) is 5.57. The van der Waals surface area contributed by atoms with Gasteiger partial charge in [0.05, 0.1) is 18.0 Å². The van der Waals surface area contributed by atoms with E-state index in [1.165, 1.54) is 0 Å². The van der Waals surface area contributed by atoms with Gasteiger partial charge in [-0.3, -0.25) is 0 Å². The molecule has 1 atom stereocenters. The van der Waals surface area contributed by atoms with Crippen molar-refractivity contribution in [3.8, 4) is 0 Å². The Morgan fingerprint density at radius 2 is 2.18 bits per heavy atom. The molecule has 17 heavy (non-hydrogen) atoms. The van der Waals surface area contributed by atoms with Crippen molar-refractivity contribution in [3.05, 3.63) is 12.1 Å². The Bertz CT molecular complexity index is 497. The van der Waals surface area contributed by atoms with Crippen molar-refractivity contribution in [2.24, 2.45) is 0 Å². The monoisotopic (exact) mass is 236 g/mol. The predicted molar refractivity (Wildman–Crippen MR) is 65.8 cm³/mol. The molecule has 0 saturated heterocycles. The average Bonchev–Trinajstić information content (AvgIpc) is 2.80. The highest BCUT2D eigenvalue weighted by Crippen LogP contribution is 2.25. The number of anilines is 2. The van der Waals surface area contributed by atoms with E-state index < -0.39 is 0 Å². The van der Waals surface area contributed by atoms with Gasteiger partial charge in [-0.1, -0.05) is 0 Å². The van der Waals surface area contributed by atoms with E-state index in [9.17, 15) is 0 Å². The molecule has 0 amide bonds. The molecular formula is C11H16N4O2. The van der Waals surface area contributed by atoms with Crippen LogP contribution in [0.4, 0.5) is 11.4 Å². The average molecular weight is 236 g/mol. The summed E-state index contributed by atoms with van der Waals surface area (Å²) < 4.78 is 10.0. The summed E-state index contributed by atoms with van der Waals surface area (Å²) in [5, 5.41) is 10.9. The lowest BCUT2D eigenvalue weighted by Gasteiger charge is -2.15. The summed E-state index contributed by atoms with van der Waals surface area (Å²) in [5.74, 6) is 0. The Labute approximate surface area is 99.1 Å². The van der Waals surface area contributed by atoms with Gasteiger partial charge in [0.25, 0.3) is 0 Å². The summed E-state index contributed by atoms with van der Waals surface area (Å²) in [5.41, 5.74) is 8.40. The van der Waals surface area contributed by atoms with Crippen LogP contribution in [0.1, 0.15) is 13.8 Å². The molecule has 0 fully saturated rings. The lowest BCUT2D eigenvalue weighted by molar-refractivity contribution is 0.141. The van der Waals surface area contributed by atoms with Gasteiger partial charge in [-0.25, -0.2) is 4.63 Å². The van der Waals surface area contributed by atoms with Gasteiger partial charge in [0.1, 0.15) is 0 Å². The second kappa shape index (κ2) is 5.01. The van der Waals surface area contributed by atoms with E-state index in [0.29, 0.717) is 29.9 Å². The number of aromatic nitrogens is 2. The third-order valence-electron chi connectivity index (χ3n) is 2.42. The molecule has 0 radical (unpaired) electrons. The largest absolute Gasteiger partial charge is 0.397 e. The number of nitrogen functional groups attached to an aromatic ring is 1. The third-order valence-corrected chi connectivity index (χ3v) is 2.42. The molecule has 92 valence electrons. The van der Waals surface area contributed by atoms with Crippen LogP contribution in [0.5, 0.6) is 0 Å². The zero-order valence-electron chi connectivity index (χ0n) is 9.93. The van der Waals surface area contributed by atoms with Gasteiger partial charge in [0, 0.05) is 12.6 Å². The molecule has 0 aliphatic rings. The Morgan fingerprint density at radius 1 is 1.41 bits per heavy atom. The van der Waals surface area contributed by atoms with Crippen LogP contribution in [0, 0.1) is 0 Å². The van der Waals surface area contributed by atoms with E-state index >= 15 is 0 Å². The number of nitrogens with two attached hydrogens (primary N) is 1. The summed E-state index contributed by atoms with van der Waals surface area (Å²) >= 11 is 0. The Morgan fingerprint density at radius 3 is 2.94 bits per heavy atom. The van der Waals surface area contributed by atoms with E-state index in [4.69, 9.17) is 15.1 Å². The number of hydrogen-bond donors (Lipinski definition) is 2. The smallest absolute Gasteiger partial charge is 0.160 e. The zero-order valence-corrected chi connectivity index (χ0v) is 9.93. The molecule has 6 heteroatoms. The highest BCUT2D eigenvalue weighted by Gasteiger charge is 2.11. The molecule has 0 saturated carbocycles. The van der Waals surface area contributed by atoms with Crippen molar-refractivity contribution >= 4 is 22.4 Å². The van der Waals surface area contributed by atoms with Gasteiger partial charge in [-0.15, -0.1) is 0 Å². The van der Waals surface area contributed by atoms with Crippen LogP contribution < -0.4 is 11.1 Å². The first-order chi connectivity index (χ1) is 8.22. The van der Waals surface area contributed by atoms with Crippen LogP contribution >= 0.6 is 0 Å². The van der Waals surface area contributed by atoms with Gasteiger partial charge in [0.15, 0.2) is 11.0 Å². The van der Waals surface area contributed by atoms with Crippen molar-refractivity contribution in [2.75, 3.05) is 24.3 Å². The molecule has 0 aliphatic heterocycles. The quantitative estimate of drug-likeness (QED) is 0.767. The predicted octanol–water partition coefficient (Wildman–Crippen LogP) is 1.64. The molecule has 6 nitrogen and oxygen atoms in total. The van der Waals surface area contributed by atoms with Gasteiger partial charge in [-0.2, -0.15) is 0 Å². The van der Waals surface area contributed by atoms with E-state index in [0.717, 1.165) is 5.69 Å². The van der Waals surface area contributed by atoms with Gasteiger partial charge >= 0.3 is 0 Å². The molecule has 2 aromatic rings. The normalized spacial score (nSPS) is 12.8. The lowest BCUT2D eigenvalue weighted by Crippen LogP contribution is -2.21. The fraction of sp³-hybridized carbons (Fsp3) is 0.455. The number of hydrogen-bond acceptors (Lipinski definition) is 6. The van der Waals surface area contributed by atoms with E-state index in [1.54, 1.807) is 6.07 Å². The Kier molecular flexibility index (Phi) is 3.43. The maximum absolute atomic E-state index is 5.77. The zero-order chi connectivity index (χ0) is 12.3. The Hall–Kier alpha value is -1.82. The number of rotatable bonds is 5. The van der Waals surface area contributed by atoms with Crippen molar-refractivity contribution in [2.45, 2.75) is 19.9 Å². The van der Waals surface area contributed by atoms with Crippen LogP contribution in [0.15, 0.2) is 16.8 Å². The van der Waals surface area contributed by atoms with E-state index in [1.807, 2.05) is 19.9 Å². The summed E-state index contributed by atoms with van der Waals surface area (Å²) in [4.78, 5) is 0. The van der Waals surface area contributed by atoms with Crippen LogP contribution in [0.25, 0.3) is 11.0 Å². The molecule has 1 aromatic heterocycles. The number of benzene rings is 1. The highest BCUT2D eigenvalue weighted by atomic mass is 16.6. The van der Waals surface area contributed by atoms with Crippen molar-refractivity contribution in [1.29, 1.82) is 0 Å². The first kappa shape index (κ1) is 11.7. The summed E-state index contributed by atoms with van der Waals surface area (Å²) in [6.07, 6.45) is 0. The van der Waals surface area contributed by atoms with Crippen LogP contribution in [0.2, 0.25) is 0 Å². The maximum Gasteiger partial charge on any atom is 0.160 e.